The number of hydrogen-bond donors (Lipinski definition) is 8. The first kappa shape index (κ1) is 21.9. The molecule has 1 rings (SSSR count). The Kier molecular flexibility index (Phi) is 7.40. The van der Waals surface area contributed by atoms with Crippen LogP contribution in [0.1, 0.15) is 13.8 Å². The lowest BCUT2D eigenvalue weighted by molar-refractivity contribution is -0.228. The first-order valence-electron chi connectivity index (χ1n) is 7.65. The maximum Gasteiger partial charge on any atom is 0.217 e. The van der Waals surface area contributed by atoms with Gasteiger partial charge in [-0.25, -0.2) is 0 Å². The molecule has 8 N–H and O–H groups in total. The van der Waals surface area contributed by atoms with E-state index in [1.165, 1.54) is 0 Å². The van der Waals surface area contributed by atoms with Gasteiger partial charge in [0, 0.05) is 6.92 Å². The third-order valence-corrected chi connectivity index (χ3v) is 4.19. The molecule has 1 saturated heterocycles. The van der Waals surface area contributed by atoms with Gasteiger partial charge in [0.05, 0.1) is 25.4 Å². The van der Waals surface area contributed by atoms with Crippen LogP contribution >= 0.6 is 0 Å². The third-order valence-electron chi connectivity index (χ3n) is 4.19. The maximum absolute atomic E-state index is 12.5. The van der Waals surface area contributed by atoms with Crippen molar-refractivity contribution >= 4 is 11.7 Å². The largest absolute Gasteiger partial charge is 0.394 e. The number of nitrogens with one attached hydrogen (secondary N) is 1. The van der Waals surface area contributed by atoms with Crippen molar-refractivity contribution in [3.63, 3.8) is 0 Å². The Hall–Kier alpha value is -1.18. The summed E-state index contributed by atoms with van der Waals surface area (Å²) in [6.45, 7) is 0.995. The number of ketones is 1. The minimum absolute atomic E-state index is 0.323. The number of amides is 1. The van der Waals surface area contributed by atoms with Crippen molar-refractivity contribution in [2.45, 2.75) is 62.1 Å². The summed E-state index contributed by atoms with van der Waals surface area (Å²) in [5, 5.41) is 71.0. The van der Waals surface area contributed by atoms with Gasteiger partial charge in [0.25, 0.3) is 0 Å². The third kappa shape index (κ3) is 4.33. The van der Waals surface area contributed by atoms with Crippen LogP contribution in [0.2, 0.25) is 0 Å². The average Bonchev–Trinajstić information content (AvgIpc) is 2.55. The van der Waals surface area contributed by atoms with E-state index in [1.54, 1.807) is 0 Å². The lowest BCUT2D eigenvalue weighted by Crippen LogP contribution is -2.73. The predicted octanol–water partition coefficient (Wildman–Crippen LogP) is -4.99. The minimum atomic E-state index is -2.88. The maximum atomic E-state index is 12.5. The van der Waals surface area contributed by atoms with E-state index in [0.29, 0.717) is 0 Å². The van der Waals surface area contributed by atoms with Crippen LogP contribution in [0.15, 0.2) is 0 Å². The van der Waals surface area contributed by atoms with Gasteiger partial charge in [0.1, 0.15) is 30.5 Å². The molecule has 11 heteroatoms. The Labute approximate surface area is 143 Å². The molecule has 1 aliphatic rings. The second-order valence-electron chi connectivity index (χ2n) is 6.11. The number of aliphatic hydroxyl groups excluding tert-OH is 6. The van der Waals surface area contributed by atoms with Gasteiger partial charge in [-0.1, -0.05) is 0 Å². The van der Waals surface area contributed by atoms with E-state index in [9.17, 15) is 45.3 Å². The summed E-state index contributed by atoms with van der Waals surface area (Å²) in [4.78, 5) is 23.6. The van der Waals surface area contributed by atoms with Crippen molar-refractivity contribution in [2.75, 3.05) is 13.2 Å². The molecule has 1 fully saturated rings. The molecular weight excluding hydrogens is 342 g/mol. The van der Waals surface area contributed by atoms with E-state index in [2.05, 4.69) is 5.32 Å². The highest BCUT2D eigenvalue weighted by atomic mass is 16.5. The van der Waals surface area contributed by atoms with Crippen LogP contribution in [-0.2, 0) is 14.3 Å². The molecule has 8 atom stereocenters. The number of ether oxygens (including phenoxy) is 1. The van der Waals surface area contributed by atoms with Crippen LogP contribution in [0.5, 0.6) is 0 Å². The molecule has 0 unspecified atom stereocenters. The number of hydrogen-bond acceptors (Lipinski definition) is 10. The molecule has 0 aromatic carbocycles. The van der Waals surface area contributed by atoms with Crippen molar-refractivity contribution in [1.29, 1.82) is 0 Å². The molecule has 1 heterocycles. The summed E-state index contributed by atoms with van der Waals surface area (Å²) in [5.74, 6) is -2.13. The SMILES string of the molecule is CC(=O)N[C@H]1CO[C@H](CO)[C@@](O)(C(=O)[C@H](O)[C@@H](O)[C@H](O)[C@@H](C)O)[C@@H]1O. The summed E-state index contributed by atoms with van der Waals surface area (Å²) in [6, 6.07) is -1.22. The molecule has 0 aromatic rings. The first-order valence-corrected chi connectivity index (χ1v) is 7.65. The van der Waals surface area contributed by atoms with Crippen LogP contribution in [0, 0.1) is 0 Å². The van der Waals surface area contributed by atoms with E-state index in [4.69, 9.17) is 4.74 Å². The van der Waals surface area contributed by atoms with Gasteiger partial charge in [0.2, 0.25) is 11.7 Å². The van der Waals surface area contributed by atoms with Crippen LogP contribution in [-0.4, -0.2) is 109 Å². The standard InChI is InChI=1S/C14H25NO10/c1-5(17)9(19)10(20)11(21)13(23)14(24)8(3-16)25-4-7(12(14)22)15-6(2)18/h5,7-12,16-17,19-22,24H,3-4H2,1-2H3,(H,15,18)/t5-,7+,8-,9-,10+,11-,12-,14+/m1/s1. The van der Waals surface area contributed by atoms with Gasteiger partial charge in [-0.05, 0) is 6.92 Å². The Morgan fingerprint density at radius 3 is 2.24 bits per heavy atom. The molecule has 25 heavy (non-hydrogen) atoms. The van der Waals surface area contributed by atoms with Crippen molar-refractivity contribution in [2.24, 2.45) is 0 Å². The molecule has 11 nitrogen and oxygen atoms in total. The smallest absolute Gasteiger partial charge is 0.217 e. The zero-order valence-electron chi connectivity index (χ0n) is 13.8. The molecular formula is C14H25NO10. The molecule has 0 spiro atoms. The van der Waals surface area contributed by atoms with E-state index in [-0.39, 0.29) is 6.61 Å². The van der Waals surface area contributed by atoms with Crippen molar-refractivity contribution in [1.82, 2.24) is 5.32 Å². The van der Waals surface area contributed by atoms with E-state index in [0.717, 1.165) is 13.8 Å². The molecule has 1 aliphatic heterocycles. The number of Topliss-reactive ketones (excluding diaryl/α,β-unsaturated/α-hetero) is 1. The van der Waals surface area contributed by atoms with Crippen LogP contribution < -0.4 is 5.32 Å². The Bertz CT molecular complexity index is 486. The topological polar surface area (TPSA) is 197 Å². The van der Waals surface area contributed by atoms with Crippen molar-refractivity contribution in [3.05, 3.63) is 0 Å². The number of carbonyl (C=O) groups is 2. The average molecular weight is 367 g/mol. The molecule has 0 bridgehead atoms. The number of aliphatic hydroxyl groups is 7. The minimum Gasteiger partial charge on any atom is -0.394 e. The second kappa shape index (κ2) is 8.47. The molecule has 0 aliphatic carbocycles. The van der Waals surface area contributed by atoms with Gasteiger partial charge in [-0.2, -0.15) is 0 Å². The van der Waals surface area contributed by atoms with E-state index in [1.807, 2.05) is 0 Å². The van der Waals surface area contributed by atoms with Gasteiger partial charge < -0.3 is 45.8 Å². The number of rotatable bonds is 7. The highest BCUT2D eigenvalue weighted by molar-refractivity contribution is 5.93. The van der Waals surface area contributed by atoms with Crippen LogP contribution in [0.25, 0.3) is 0 Å². The summed E-state index contributed by atoms with van der Waals surface area (Å²) in [5.41, 5.74) is -2.88. The summed E-state index contributed by atoms with van der Waals surface area (Å²) >= 11 is 0. The van der Waals surface area contributed by atoms with Crippen LogP contribution in [0.4, 0.5) is 0 Å². The fraction of sp³-hybridized carbons (Fsp3) is 0.857. The van der Waals surface area contributed by atoms with E-state index >= 15 is 0 Å². The highest BCUT2D eigenvalue weighted by Crippen LogP contribution is 2.29. The molecule has 146 valence electrons. The van der Waals surface area contributed by atoms with E-state index < -0.39 is 66.6 Å². The lowest BCUT2D eigenvalue weighted by atomic mass is 9.77. The Morgan fingerprint density at radius 2 is 1.80 bits per heavy atom. The Balaban J connectivity index is 3.12. The van der Waals surface area contributed by atoms with Gasteiger partial charge in [-0.3, -0.25) is 9.59 Å². The molecule has 1 amide bonds. The fourth-order valence-corrected chi connectivity index (χ4v) is 2.68. The summed E-state index contributed by atoms with van der Waals surface area (Å²) in [6.07, 6.45) is -11.6. The van der Waals surface area contributed by atoms with Crippen molar-refractivity contribution in [3.8, 4) is 0 Å². The fourth-order valence-electron chi connectivity index (χ4n) is 2.68. The lowest BCUT2D eigenvalue weighted by Gasteiger charge is -2.46. The number of carbonyl (C=O) groups excluding carboxylic acids is 2. The summed E-state index contributed by atoms with van der Waals surface area (Å²) < 4.78 is 5.09. The van der Waals surface area contributed by atoms with Crippen LogP contribution in [0.3, 0.4) is 0 Å². The zero-order valence-corrected chi connectivity index (χ0v) is 13.8. The molecule has 0 radical (unpaired) electrons. The van der Waals surface area contributed by atoms with Gasteiger partial charge in [0.15, 0.2) is 5.60 Å². The van der Waals surface area contributed by atoms with Crippen molar-refractivity contribution < 1.29 is 50.1 Å². The monoisotopic (exact) mass is 367 g/mol. The first-order chi connectivity index (χ1) is 11.5. The highest BCUT2D eigenvalue weighted by Gasteiger charge is 2.59. The predicted molar refractivity (Wildman–Crippen MR) is 80.1 cm³/mol. The normalized spacial score (nSPS) is 34.7. The quantitative estimate of drug-likeness (QED) is 0.216. The summed E-state index contributed by atoms with van der Waals surface area (Å²) in [7, 11) is 0. The molecule has 0 aromatic heterocycles. The van der Waals surface area contributed by atoms with Gasteiger partial charge >= 0.3 is 0 Å². The molecule has 0 saturated carbocycles. The second-order valence-corrected chi connectivity index (χ2v) is 6.11. The zero-order chi connectivity index (χ0) is 19.5. The Morgan fingerprint density at radius 1 is 1.24 bits per heavy atom. The van der Waals surface area contributed by atoms with Gasteiger partial charge in [-0.15, -0.1) is 0 Å².